The highest BCUT2D eigenvalue weighted by molar-refractivity contribution is 5.20. The van der Waals surface area contributed by atoms with E-state index < -0.39 is 0 Å². The van der Waals surface area contributed by atoms with Crippen molar-refractivity contribution in [3.63, 3.8) is 0 Å². The van der Waals surface area contributed by atoms with Gasteiger partial charge < -0.3 is 10.2 Å². The van der Waals surface area contributed by atoms with E-state index in [1.807, 2.05) is 0 Å². The first-order valence-corrected chi connectivity index (χ1v) is 3.95. The summed E-state index contributed by atoms with van der Waals surface area (Å²) in [7, 11) is 0. The maximum atomic E-state index is 7.62. The second-order valence-corrected chi connectivity index (χ2v) is 2.61. The molecule has 0 amide bonds. The van der Waals surface area contributed by atoms with E-state index in [0.29, 0.717) is 0 Å². The van der Waals surface area contributed by atoms with Crippen LogP contribution in [-0.2, 0) is 0 Å². The molecule has 0 heterocycles. The van der Waals surface area contributed by atoms with E-state index in [0.717, 1.165) is 0 Å². The molecule has 12 heavy (non-hydrogen) atoms. The molecule has 2 heteroatoms. The number of aliphatic hydroxyl groups excluding tert-OH is 2. The van der Waals surface area contributed by atoms with Gasteiger partial charge in [-0.2, -0.15) is 0 Å². The third kappa shape index (κ3) is 5.89. The summed E-state index contributed by atoms with van der Waals surface area (Å²) in [6, 6.07) is 8.45. The van der Waals surface area contributed by atoms with Crippen LogP contribution in [0.3, 0.4) is 0 Å². The summed E-state index contributed by atoms with van der Waals surface area (Å²) >= 11 is 0. The van der Waals surface area contributed by atoms with Crippen molar-refractivity contribution < 1.29 is 10.2 Å². The fourth-order valence-electron chi connectivity index (χ4n) is 0.807. The van der Waals surface area contributed by atoms with Crippen LogP contribution in [0.1, 0.15) is 11.1 Å². The van der Waals surface area contributed by atoms with Crippen molar-refractivity contribution in [3.05, 3.63) is 35.4 Å². The normalized spacial score (nSPS) is 8.67. The molecule has 1 aromatic carbocycles. The van der Waals surface area contributed by atoms with Crippen LogP contribution in [0, 0.1) is 13.8 Å². The van der Waals surface area contributed by atoms with Crippen molar-refractivity contribution in [1.82, 2.24) is 0 Å². The van der Waals surface area contributed by atoms with E-state index >= 15 is 0 Å². The van der Waals surface area contributed by atoms with E-state index in [1.54, 1.807) is 0 Å². The lowest BCUT2D eigenvalue weighted by molar-refractivity contribution is 0.186. The molecule has 2 N–H and O–H groups in total. The minimum Gasteiger partial charge on any atom is -0.394 e. The highest BCUT2D eigenvalue weighted by Crippen LogP contribution is 2.00. The molecule has 0 radical (unpaired) electrons. The Labute approximate surface area is 73.5 Å². The fourth-order valence-corrected chi connectivity index (χ4v) is 0.807. The third-order valence-electron chi connectivity index (χ3n) is 1.27. The van der Waals surface area contributed by atoms with Crippen molar-refractivity contribution >= 4 is 0 Å². The van der Waals surface area contributed by atoms with Gasteiger partial charge in [0.1, 0.15) is 0 Å². The molecule has 0 saturated carbocycles. The van der Waals surface area contributed by atoms with Gasteiger partial charge in [-0.25, -0.2) is 0 Å². The molecule has 0 spiro atoms. The fraction of sp³-hybridized carbons (Fsp3) is 0.400. The average molecular weight is 168 g/mol. The van der Waals surface area contributed by atoms with Gasteiger partial charge in [-0.1, -0.05) is 35.4 Å². The van der Waals surface area contributed by atoms with Crippen molar-refractivity contribution in [2.45, 2.75) is 13.8 Å². The molecule has 0 aliphatic rings. The number of rotatable bonds is 1. The van der Waals surface area contributed by atoms with Gasteiger partial charge in [0.15, 0.2) is 0 Å². The lowest BCUT2D eigenvalue weighted by atomic mass is 10.2. The summed E-state index contributed by atoms with van der Waals surface area (Å²) in [5.41, 5.74) is 2.68. The van der Waals surface area contributed by atoms with Crippen LogP contribution >= 0.6 is 0 Å². The maximum absolute atomic E-state index is 7.62. The number of benzene rings is 1. The van der Waals surface area contributed by atoms with Crippen molar-refractivity contribution in [1.29, 1.82) is 0 Å². The monoisotopic (exact) mass is 168 g/mol. The first kappa shape index (κ1) is 11.1. The van der Waals surface area contributed by atoms with Crippen LogP contribution < -0.4 is 0 Å². The van der Waals surface area contributed by atoms with Gasteiger partial charge in [0.2, 0.25) is 0 Å². The highest BCUT2D eigenvalue weighted by atomic mass is 16.3. The van der Waals surface area contributed by atoms with Crippen LogP contribution in [0.4, 0.5) is 0 Å². The Hall–Kier alpha value is -0.860. The highest BCUT2D eigenvalue weighted by Gasteiger charge is 1.80. The summed E-state index contributed by atoms with van der Waals surface area (Å²) in [6.07, 6.45) is 0. The van der Waals surface area contributed by atoms with Crippen LogP contribution in [0.5, 0.6) is 0 Å². The molecular weight excluding hydrogens is 152 g/mol. The second-order valence-electron chi connectivity index (χ2n) is 2.61. The van der Waals surface area contributed by atoms with E-state index in [2.05, 4.69) is 38.1 Å². The molecular formula is C10H16O2. The van der Waals surface area contributed by atoms with Crippen molar-refractivity contribution in [2.24, 2.45) is 0 Å². The number of hydrogen-bond acceptors (Lipinski definition) is 2. The quantitative estimate of drug-likeness (QED) is 0.663. The lowest BCUT2D eigenvalue weighted by Gasteiger charge is -1.90. The molecule has 0 bridgehead atoms. The minimum atomic E-state index is -0.125. The van der Waals surface area contributed by atoms with E-state index in [-0.39, 0.29) is 13.2 Å². The van der Waals surface area contributed by atoms with Gasteiger partial charge in [0.05, 0.1) is 13.2 Å². The second kappa shape index (κ2) is 6.83. The molecule has 1 aromatic rings. The molecule has 0 aliphatic carbocycles. The topological polar surface area (TPSA) is 40.5 Å². The molecule has 0 saturated heterocycles. The summed E-state index contributed by atoms with van der Waals surface area (Å²) in [4.78, 5) is 0. The molecule has 0 atom stereocenters. The SMILES string of the molecule is Cc1cccc(C)c1.OCCO. The molecule has 0 fully saturated rings. The first-order valence-electron chi connectivity index (χ1n) is 3.95. The van der Waals surface area contributed by atoms with Gasteiger partial charge in [-0.3, -0.25) is 0 Å². The number of aliphatic hydroxyl groups is 2. The molecule has 0 unspecified atom stereocenters. The first-order chi connectivity index (χ1) is 5.70. The summed E-state index contributed by atoms with van der Waals surface area (Å²) < 4.78 is 0. The van der Waals surface area contributed by atoms with Gasteiger partial charge in [0, 0.05) is 0 Å². The molecule has 2 nitrogen and oxygen atoms in total. The Morgan fingerprint density at radius 2 is 1.42 bits per heavy atom. The summed E-state index contributed by atoms with van der Waals surface area (Å²) in [5.74, 6) is 0. The molecule has 0 aromatic heterocycles. The standard InChI is InChI=1S/C8H10.C2H6O2/c1-7-4-3-5-8(2)6-7;3-1-2-4/h3-6H,1-2H3;3-4H,1-2H2. The number of aryl methyl sites for hydroxylation is 2. The predicted octanol–water partition coefficient (Wildman–Crippen LogP) is 1.27. The zero-order valence-electron chi connectivity index (χ0n) is 7.62. The summed E-state index contributed by atoms with van der Waals surface area (Å²) in [5, 5.41) is 15.2. The number of hydrogen-bond donors (Lipinski definition) is 2. The maximum Gasteiger partial charge on any atom is 0.0662 e. The van der Waals surface area contributed by atoms with Crippen LogP contribution in [0.2, 0.25) is 0 Å². The van der Waals surface area contributed by atoms with Gasteiger partial charge in [-0.05, 0) is 13.8 Å². The summed E-state index contributed by atoms with van der Waals surface area (Å²) in [6.45, 7) is 3.96. The van der Waals surface area contributed by atoms with E-state index in [9.17, 15) is 0 Å². The molecule has 1 rings (SSSR count). The third-order valence-corrected chi connectivity index (χ3v) is 1.27. The zero-order valence-corrected chi connectivity index (χ0v) is 7.62. The van der Waals surface area contributed by atoms with Crippen molar-refractivity contribution in [3.8, 4) is 0 Å². The Kier molecular flexibility index (Phi) is 6.34. The Balaban J connectivity index is 0.000000261. The van der Waals surface area contributed by atoms with E-state index in [4.69, 9.17) is 10.2 Å². The predicted molar refractivity (Wildman–Crippen MR) is 50.1 cm³/mol. The Morgan fingerprint density at radius 1 is 1.00 bits per heavy atom. The van der Waals surface area contributed by atoms with Crippen molar-refractivity contribution in [2.75, 3.05) is 13.2 Å². The van der Waals surface area contributed by atoms with Gasteiger partial charge >= 0.3 is 0 Å². The Morgan fingerprint density at radius 3 is 1.58 bits per heavy atom. The zero-order chi connectivity index (χ0) is 9.40. The lowest BCUT2D eigenvalue weighted by Crippen LogP contribution is -1.85. The molecule has 0 aliphatic heterocycles. The Bertz CT molecular complexity index is 189. The molecule has 68 valence electrons. The van der Waals surface area contributed by atoms with Crippen LogP contribution in [0.25, 0.3) is 0 Å². The van der Waals surface area contributed by atoms with Crippen LogP contribution in [-0.4, -0.2) is 23.4 Å². The average Bonchev–Trinajstić information content (AvgIpc) is 2.04. The van der Waals surface area contributed by atoms with Gasteiger partial charge in [0.25, 0.3) is 0 Å². The smallest absolute Gasteiger partial charge is 0.0662 e. The van der Waals surface area contributed by atoms with Gasteiger partial charge in [-0.15, -0.1) is 0 Å². The van der Waals surface area contributed by atoms with E-state index in [1.165, 1.54) is 11.1 Å². The largest absolute Gasteiger partial charge is 0.394 e. The minimum absolute atomic E-state index is 0.125. The van der Waals surface area contributed by atoms with Crippen LogP contribution in [0.15, 0.2) is 24.3 Å².